The molecule has 0 aromatic heterocycles. The lowest BCUT2D eigenvalue weighted by molar-refractivity contribution is -0.167. The number of hydrogen-bond donors (Lipinski definition) is 0. The molecule has 62 heavy (non-hydrogen) atoms. The van der Waals surface area contributed by atoms with Crippen LogP contribution in [-0.2, 0) is 28.6 Å². The number of allylic oxidation sites excluding steroid dienone is 4. The quantitative estimate of drug-likeness (QED) is 0.0262. The van der Waals surface area contributed by atoms with Crippen molar-refractivity contribution in [3.05, 3.63) is 24.3 Å². The molecule has 0 rings (SSSR count). The number of carbonyl (C=O) groups excluding carboxylic acids is 3. The highest BCUT2D eigenvalue weighted by Crippen LogP contribution is 2.16. The average molecular weight is 873 g/mol. The molecule has 0 aromatic carbocycles. The van der Waals surface area contributed by atoms with Gasteiger partial charge in [0.15, 0.2) is 6.10 Å². The Kier molecular flexibility index (Phi) is 49.8. The van der Waals surface area contributed by atoms with Crippen molar-refractivity contribution >= 4 is 17.9 Å². The van der Waals surface area contributed by atoms with Crippen LogP contribution in [-0.4, -0.2) is 37.2 Å². The molecule has 0 aliphatic heterocycles. The zero-order chi connectivity index (χ0) is 45.1. The van der Waals surface area contributed by atoms with Crippen LogP contribution in [0.1, 0.15) is 297 Å². The van der Waals surface area contributed by atoms with Crippen LogP contribution in [0.15, 0.2) is 24.3 Å². The third kappa shape index (κ3) is 48.9. The SMILES string of the molecule is CCCCCCC/C=C\C/C=C\CCCCCCCCCCCCCCCCCC(=O)OCC(COC(=O)CCCCCCC)OC(=O)CCCCCCCCCCCCCC. The van der Waals surface area contributed by atoms with Crippen LogP contribution in [0.5, 0.6) is 0 Å². The van der Waals surface area contributed by atoms with Crippen molar-refractivity contribution in [1.29, 1.82) is 0 Å². The fraction of sp³-hybridized carbons (Fsp3) is 0.875. The number of ether oxygens (including phenoxy) is 3. The number of hydrogen-bond acceptors (Lipinski definition) is 6. The second-order valence-corrected chi connectivity index (χ2v) is 18.5. The van der Waals surface area contributed by atoms with E-state index in [1.807, 2.05) is 0 Å². The van der Waals surface area contributed by atoms with Crippen molar-refractivity contribution < 1.29 is 28.6 Å². The number of unbranched alkanes of at least 4 members (excludes halogenated alkanes) is 35. The summed E-state index contributed by atoms with van der Waals surface area (Å²) in [5, 5.41) is 0. The van der Waals surface area contributed by atoms with E-state index in [1.165, 1.54) is 186 Å². The topological polar surface area (TPSA) is 78.9 Å². The van der Waals surface area contributed by atoms with E-state index in [0.29, 0.717) is 19.3 Å². The van der Waals surface area contributed by atoms with Gasteiger partial charge < -0.3 is 14.2 Å². The van der Waals surface area contributed by atoms with Crippen molar-refractivity contribution in [2.45, 2.75) is 303 Å². The maximum absolute atomic E-state index is 12.7. The van der Waals surface area contributed by atoms with Crippen LogP contribution in [0.25, 0.3) is 0 Å². The van der Waals surface area contributed by atoms with Gasteiger partial charge in [0.2, 0.25) is 0 Å². The zero-order valence-corrected chi connectivity index (χ0v) is 41.7. The van der Waals surface area contributed by atoms with Crippen molar-refractivity contribution in [3.8, 4) is 0 Å². The highest BCUT2D eigenvalue weighted by molar-refractivity contribution is 5.71. The average Bonchev–Trinajstić information content (AvgIpc) is 3.27. The van der Waals surface area contributed by atoms with Gasteiger partial charge in [0, 0.05) is 19.3 Å². The van der Waals surface area contributed by atoms with Gasteiger partial charge in [0.05, 0.1) is 0 Å². The zero-order valence-electron chi connectivity index (χ0n) is 41.7. The summed E-state index contributed by atoms with van der Waals surface area (Å²) < 4.78 is 16.7. The summed E-state index contributed by atoms with van der Waals surface area (Å²) in [5.74, 6) is -0.868. The molecule has 1 unspecified atom stereocenters. The van der Waals surface area contributed by atoms with E-state index in [0.717, 1.165) is 70.6 Å². The molecule has 0 saturated heterocycles. The lowest BCUT2D eigenvalue weighted by Crippen LogP contribution is -2.30. The van der Waals surface area contributed by atoms with Crippen LogP contribution in [0.3, 0.4) is 0 Å². The maximum atomic E-state index is 12.7. The highest BCUT2D eigenvalue weighted by atomic mass is 16.6. The van der Waals surface area contributed by atoms with Crippen molar-refractivity contribution in [2.24, 2.45) is 0 Å². The molecule has 0 radical (unpaired) electrons. The first-order valence-corrected chi connectivity index (χ1v) is 27.3. The Morgan fingerprint density at radius 1 is 0.323 bits per heavy atom. The third-order valence-electron chi connectivity index (χ3n) is 12.2. The molecule has 0 saturated carbocycles. The normalized spacial score (nSPS) is 12.1. The molecule has 0 fully saturated rings. The molecule has 0 aromatic rings. The number of carbonyl (C=O) groups is 3. The monoisotopic (exact) mass is 873 g/mol. The Labute approximate surface area is 385 Å². The molecule has 1 atom stereocenters. The first kappa shape index (κ1) is 59.9. The van der Waals surface area contributed by atoms with E-state index in [9.17, 15) is 14.4 Å². The molecule has 0 aliphatic rings. The summed E-state index contributed by atoms with van der Waals surface area (Å²) in [6, 6.07) is 0. The van der Waals surface area contributed by atoms with Gasteiger partial charge in [-0.1, -0.05) is 251 Å². The Bertz CT molecular complexity index is 1000. The van der Waals surface area contributed by atoms with Crippen molar-refractivity contribution in [1.82, 2.24) is 0 Å². The predicted molar refractivity (Wildman–Crippen MR) is 266 cm³/mol. The summed E-state index contributed by atoms with van der Waals surface area (Å²) in [6.07, 6.45) is 59.3. The summed E-state index contributed by atoms with van der Waals surface area (Å²) in [7, 11) is 0. The molecule has 0 amide bonds. The van der Waals surface area contributed by atoms with E-state index in [-0.39, 0.29) is 31.1 Å². The van der Waals surface area contributed by atoms with Crippen molar-refractivity contribution in [2.75, 3.05) is 13.2 Å². The fourth-order valence-corrected chi connectivity index (χ4v) is 8.06. The minimum Gasteiger partial charge on any atom is -0.462 e. The Morgan fingerprint density at radius 3 is 0.887 bits per heavy atom. The number of rotatable bonds is 50. The Hall–Kier alpha value is -2.11. The minimum absolute atomic E-state index is 0.0670. The van der Waals surface area contributed by atoms with Gasteiger partial charge in [-0.25, -0.2) is 0 Å². The molecular formula is C56H104O6. The van der Waals surface area contributed by atoms with Gasteiger partial charge in [-0.05, 0) is 51.4 Å². The van der Waals surface area contributed by atoms with Crippen molar-refractivity contribution in [3.63, 3.8) is 0 Å². The van der Waals surface area contributed by atoms with Gasteiger partial charge in [-0.15, -0.1) is 0 Å². The van der Waals surface area contributed by atoms with Gasteiger partial charge in [0.1, 0.15) is 13.2 Å². The summed E-state index contributed by atoms with van der Waals surface area (Å²) in [6.45, 7) is 6.57. The maximum Gasteiger partial charge on any atom is 0.306 e. The molecule has 364 valence electrons. The third-order valence-corrected chi connectivity index (χ3v) is 12.2. The van der Waals surface area contributed by atoms with Crippen LogP contribution >= 0.6 is 0 Å². The van der Waals surface area contributed by atoms with Crippen LogP contribution in [0.2, 0.25) is 0 Å². The van der Waals surface area contributed by atoms with E-state index < -0.39 is 6.10 Å². The van der Waals surface area contributed by atoms with Crippen LogP contribution in [0, 0.1) is 0 Å². The Balaban J connectivity index is 3.96. The standard InChI is InChI=1S/C56H104O6/c1-4-7-10-13-15-17-19-21-22-23-24-25-26-27-28-29-30-31-32-33-34-35-37-38-40-43-46-49-55(58)61-52-53(51-60-54(57)48-45-42-12-9-6-3)62-56(59)50-47-44-41-39-36-20-18-16-14-11-8-5-2/h19,21,23-24,53H,4-18,20,22,25-52H2,1-3H3/b21-19-,24-23-. The first-order valence-electron chi connectivity index (χ1n) is 27.3. The Morgan fingerprint density at radius 2 is 0.581 bits per heavy atom. The predicted octanol–water partition coefficient (Wildman–Crippen LogP) is 17.9. The van der Waals surface area contributed by atoms with E-state index in [4.69, 9.17) is 14.2 Å². The van der Waals surface area contributed by atoms with Gasteiger partial charge in [-0.3, -0.25) is 14.4 Å². The van der Waals surface area contributed by atoms with Gasteiger partial charge in [-0.2, -0.15) is 0 Å². The highest BCUT2D eigenvalue weighted by Gasteiger charge is 2.19. The lowest BCUT2D eigenvalue weighted by Gasteiger charge is -2.18. The van der Waals surface area contributed by atoms with Crippen LogP contribution < -0.4 is 0 Å². The molecule has 0 aliphatic carbocycles. The molecule has 0 N–H and O–H groups in total. The largest absolute Gasteiger partial charge is 0.462 e. The molecule has 0 spiro atoms. The molecular weight excluding hydrogens is 769 g/mol. The van der Waals surface area contributed by atoms with Crippen LogP contribution in [0.4, 0.5) is 0 Å². The van der Waals surface area contributed by atoms with E-state index in [2.05, 4.69) is 45.1 Å². The van der Waals surface area contributed by atoms with E-state index >= 15 is 0 Å². The second-order valence-electron chi connectivity index (χ2n) is 18.5. The molecule has 6 heteroatoms. The molecule has 0 bridgehead atoms. The smallest absolute Gasteiger partial charge is 0.306 e. The molecule has 0 heterocycles. The summed E-state index contributed by atoms with van der Waals surface area (Å²) >= 11 is 0. The second kappa shape index (κ2) is 51.5. The van der Waals surface area contributed by atoms with Gasteiger partial charge in [0.25, 0.3) is 0 Å². The fourth-order valence-electron chi connectivity index (χ4n) is 8.06. The van der Waals surface area contributed by atoms with E-state index in [1.54, 1.807) is 0 Å². The minimum atomic E-state index is -0.761. The first-order chi connectivity index (χ1) is 30.5. The lowest BCUT2D eigenvalue weighted by atomic mass is 10.0. The summed E-state index contributed by atoms with van der Waals surface area (Å²) in [5.41, 5.74) is 0. The number of esters is 3. The van der Waals surface area contributed by atoms with Gasteiger partial charge >= 0.3 is 17.9 Å². The molecule has 6 nitrogen and oxygen atoms in total. The summed E-state index contributed by atoms with van der Waals surface area (Å²) in [4.78, 5) is 37.6.